The number of rotatable bonds is 4. The molecule has 0 saturated carbocycles. The Morgan fingerprint density at radius 2 is 2.09 bits per heavy atom. The quantitative estimate of drug-likeness (QED) is 0.840. The number of carbonyl (C=O) groups is 1. The first kappa shape index (κ1) is 16.3. The van der Waals surface area contributed by atoms with Crippen LogP contribution in [0.5, 0.6) is 11.5 Å². The van der Waals surface area contributed by atoms with Crippen LogP contribution >= 0.6 is 0 Å². The maximum Gasteiger partial charge on any atom is 0.414 e. The Morgan fingerprint density at radius 3 is 2.74 bits per heavy atom. The summed E-state index contributed by atoms with van der Waals surface area (Å²) in [6.45, 7) is 1.90. The number of anilines is 3. The third-order valence-corrected chi connectivity index (χ3v) is 2.99. The molecule has 2 aromatic rings. The Labute approximate surface area is 132 Å². The lowest BCUT2D eigenvalue weighted by molar-refractivity contribution is 0.161. The Bertz CT molecular complexity index is 724. The first-order valence-corrected chi connectivity index (χ1v) is 6.81. The largest absolute Gasteiger partial charge is 0.455 e. The highest BCUT2D eigenvalue weighted by Crippen LogP contribution is 2.36. The molecule has 0 unspecified atom stereocenters. The molecule has 1 aromatic heterocycles. The van der Waals surface area contributed by atoms with Crippen LogP contribution in [0.25, 0.3) is 0 Å². The fraction of sp³-hybridized carbons (Fsp3) is 0.200. The summed E-state index contributed by atoms with van der Waals surface area (Å²) in [6, 6.07) is 5.53. The predicted molar refractivity (Wildman–Crippen MR) is 85.0 cm³/mol. The van der Waals surface area contributed by atoms with Gasteiger partial charge in [-0.05, 0) is 19.1 Å². The van der Waals surface area contributed by atoms with E-state index in [-0.39, 0.29) is 35.3 Å². The Kier molecular flexibility index (Phi) is 4.85. The van der Waals surface area contributed by atoms with Gasteiger partial charge in [0.1, 0.15) is 17.3 Å². The highest BCUT2D eigenvalue weighted by atomic mass is 19.1. The molecule has 7 nitrogen and oxygen atoms in total. The van der Waals surface area contributed by atoms with Gasteiger partial charge in [0, 0.05) is 25.4 Å². The Morgan fingerprint density at radius 1 is 1.35 bits per heavy atom. The van der Waals surface area contributed by atoms with Crippen LogP contribution in [-0.2, 0) is 4.74 Å². The number of pyridine rings is 1. The van der Waals surface area contributed by atoms with Crippen molar-refractivity contribution >= 4 is 23.3 Å². The van der Waals surface area contributed by atoms with Crippen molar-refractivity contribution in [1.29, 1.82) is 0 Å². The predicted octanol–water partition coefficient (Wildman–Crippen LogP) is 2.77. The average Bonchev–Trinajstić information content (AvgIpc) is 2.51. The number of nitrogen functional groups attached to an aromatic ring is 2. The van der Waals surface area contributed by atoms with E-state index in [0.29, 0.717) is 0 Å². The topological polar surface area (TPSA) is 104 Å². The SMILES string of the molecule is CCOC(=O)N(C)c1c(Oc2ccc(N)c(F)c2)ccnc1N. The molecule has 0 fully saturated rings. The maximum atomic E-state index is 13.5. The number of nitrogens with zero attached hydrogens (tertiary/aromatic N) is 2. The standard InChI is InChI=1S/C15H17FN4O3/c1-3-22-15(21)20(2)13-12(6-7-19-14(13)18)23-9-4-5-11(17)10(16)8-9/h4-8H,3,17H2,1-2H3,(H2,18,19). The molecule has 0 aliphatic carbocycles. The van der Waals surface area contributed by atoms with Crippen LogP contribution in [-0.4, -0.2) is 24.7 Å². The van der Waals surface area contributed by atoms with Gasteiger partial charge in [0.25, 0.3) is 0 Å². The summed E-state index contributed by atoms with van der Waals surface area (Å²) in [6.07, 6.45) is 0.807. The second-order valence-electron chi connectivity index (χ2n) is 4.59. The number of hydrogen-bond donors (Lipinski definition) is 2. The van der Waals surface area contributed by atoms with Gasteiger partial charge in [0.2, 0.25) is 0 Å². The van der Waals surface area contributed by atoms with E-state index in [4.69, 9.17) is 20.9 Å². The van der Waals surface area contributed by atoms with Gasteiger partial charge in [-0.3, -0.25) is 4.90 Å². The van der Waals surface area contributed by atoms with Crippen molar-refractivity contribution in [3.8, 4) is 11.5 Å². The zero-order valence-corrected chi connectivity index (χ0v) is 12.7. The van der Waals surface area contributed by atoms with Crippen LogP contribution in [0.1, 0.15) is 6.92 Å². The van der Waals surface area contributed by atoms with Crippen molar-refractivity contribution in [2.75, 3.05) is 30.0 Å². The Hall–Kier alpha value is -3.03. The number of ether oxygens (including phenoxy) is 2. The Balaban J connectivity index is 2.37. The molecule has 2 rings (SSSR count). The van der Waals surface area contributed by atoms with Gasteiger partial charge in [-0.25, -0.2) is 14.2 Å². The molecule has 8 heteroatoms. The minimum Gasteiger partial charge on any atom is -0.455 e. The van der Waals surface area contributed by atoms with Gasteiger partial charge in [0.05, 0.1) is 12.3 Å². The molecular formula is C15H17FN4O3. The third-order valence-electron chi connectivity index (χ3n) is 2.99. The van der Waals surface area contributed by atoms with Crippen molar-refractivity contribution in [3.63, 3.8) is 0 Å². The minimum absolute atomic E-state index is 0.00968. The van der Waals surface area contributed by atoms with E-state index in [1.807, 2.05) is 0 Å². The van der Waals surface area contributed by atoms with Crippen LogP contribution in [0.15, 0.2) is 30.5 Å². The number of carbonyl (C=O) groups excluding carboxylic acids is 1. The molecule has 23 heavy (non-hydrogen) atoms. The molecule has 1 amide bonds. The second-order valence-corrected chi connectivity index (χ2v) is 4.59. The van der Waals surface area contributed by atoms with Crippen LogP contribution in [0.3, 0.4) is 0 Å². The van der Waals surface area contributed by atoms with Crippen molar-refractivity contribution < 1.29 is 18.7 Å². The lowest BCUT2D eigenvalue weighted by atomic mass is 10.3. The van der Waals surface area contributed by atoms with Crippen LogP contribution in [0, 0.1) is 5.82 Å². The maximum absolute atomic E-state index is 13.5. The number of hydrogen-bond acceptors (Lipinski definition) is 6. The first-order chi connectivity index (χ1) is 10.9. The smallest absolute Gasteiger partial charge is 0.414 e. The summed E-state index contributed by atoms with van der Waals surface area (Å²) in [4.78, 5) is 17.0. The third kappa shape index (κ3) is 3.60. The summed E-state index contributed by atoms with van der Waals surface area (Å²) in [5.74, 6) is -0.0863. The molecule has 122 valence electrons. The number of nitrogens with two attached hydrogens (primary N) is 2. The highest BCUT2D eigenvalue weighted by Gasteiger charge is 2.21. The van der Waals surface area contributed by atoms with E-state index in [0.717, 1.165) is 6.07 Å². The molecule has 1 heterocycles. The van der Waals surface area contributed by atoms with Gasteiger partial charge >= 0.3 is 6.09 Å². The van der Waals surface area contributed by atoms with Crippen molar-refractivity contribution in [3.05, 3.63) is 36.3 Å². The van der Waals surface area contributed by atoms with E-state index in [1.165, 1.54) is 36.3 Å². The van der Waals surface area contributed by atoms with Gasteiger partial charge in [-0.2, -0.15) is 0 Å². The lowest BCUT2D eigenvalue weighted by Crippen LogP contribution is -2.28. The number of benzene rings is 1. The molecule has 4 N–H and O–H groups in total. The van der Waals surface area contributed by atoms with Gasteiger partial charge in [0.15, 0.2) is 11.6 Å². The molecule has 0 atom stereocenters. The van der Waals surface area contributed by atoms with E-state index in [9.17, 15) is 9.18 Å². The summed E-state index contributed by atoms with van der Waals surface area (Å²) in [5.41, 5.74) is 11.5. The van der Waals surface area contributed by atoms with E-state index in [1.54, 1.807) is 6.92 Å². The summed E-state index contributed by atoms with van der Waals surface area (Å²) in [7, 11) is 1.47. The van der Waals surface area contributed by atoms with Gasteiger partial charge < -0.3 is 20.9 Å². The summed E-state index contributed by atoms with van der Waals surface area (Å²) in [5, 5.41) is 0. The van der Waals surface area contributed by atoms with E-state index < -0.39 is 11.9 Å². The number of aromatic nitrogens is 1. The van der Waals surface area contributed by atoms with Crippen molar-refractivity contribution in [2.24, 2.45) is 0 Å². The second kappa shape index (κ2) is 6.82. The van der Waals surface area contributed by atoms with E-state index >= 15 is 0 Å². The molecule has 0 aliphatic heterocycles. The molecule has 0 aliphatic rings. The van der Waals surface area contributed by atoms with Gasteiger partial charge in [-0.15, -0.1) is 0 Å². The summed E-state index contributed by atoms with van der Waals surface area (Å²) < 4.78 is 24.1. The van der Waals surface area contributed by atoms with Crippen molar-refractivity contribution in [2.45, 2.75) is 6.92 Å². The molecule has 0 bridgehead atoms. The van der Waals surface area contributed by atoms with Crippen LogP contribution < -0.4 is 21.1 Å². The summed E-state index contributed by atoms with van der Waals surface area (Å²) >= 11 is 0. The van der Waals surface area contributed by atoms with E-state index in [2.05, 4.69) is 4.98 Å². The van der Waals surface area contributed by atoms with Gasteiger partial charge in [-0.1, -0.05) is 0 Å². The molecule has 1 aromatic carbocycles. The number of halogens is 1. The normalized spacial score (nSPS) is 10.2. The molecular weight excluding hydrogens is 303 g/mol. The zero-order valence-electron chi connectivity index (χ0n) is 12.7. The van der Waals surface area contributed by atoms with Crippen molar-refractivity contribution in [1.82, 2.24) is 4.98 Å². The lowest BCUT2D eigenvalue weighted by Gasteiger charge is -2.21. The zero-order chi connectivity index (χ0) is 17.0. The number of amides is 1. The molecule has 0 saturated heterocycles. The fourth-order valence-corrected chi connectivity index (χ4v) is 1.88. The monoisotopic (exact) mass is 320 g/mol. The minimum atomic E-state index is -0.611. The highest BCUT2D eigenvalue weighted by molar-refractivity contribution is 5.92. The first-order valence-electron chi connectivity index (χ1n) is 6.81. The molecule has 0 radical (unpaired) electrons. The van der Waals surface area contributed by atoms with Crippen LogP contribution in [0.4, 0.5) is 26.4 Å². The molecule has 0 spiro atoms. The average molecular weight is 320 g/mol. The van der Waals surface area contributed by atoms with Crippen LogP contribution in [0.2, 0.25) is 0 Å². The fourth-order valence-electron chi connectivity index (χ4n) is 1.88.